The molecule has 0 radical (unpaired) electrons. The van der Waals surface area contributed by atoms with Gasteiger partial charge in [0.05, 0.1) is 7.11 Å². The zero-order chi connectivity index (χ0) is 17.9. The van der Waals surface area contributed by atoms with Gasteiger partial charge in [-0.15, -0.1) is 0 Å². The maximum absolute atomic E-state index is 10.8. The SMILES string of the molecule is COc1ccc2ccc(O)c(C(c3ccccc3)c3ccccc3)c2c1. The lowest BCUT2D eigenvalue weighted by Crippen LogP contribution is -2.04. The normalized spacial score (nSPS) is 11.0. The van der Waals surface area contributed by atoms with Gasteiger partial charge < -0.3 is 9.84 Å². The molecule has 4 aromatic carbocycles. The van der Waals surface area contributed by atoms with Crippen molar-refractivity contribution in [2.75, 3.05) is 7.11 Å². The van der Waals surface area contributed by atoms with E-state index in [1.54, 1.807) is 13.2 Å². The number of phenolic OH excluding ortho intramolecular Hbond substituents is 1. The molecule has 0 heterocycles. The molecule has 128 valence electrons. The van der Waals surface area contributed by atoms with Gasteiger partial charge in [0.15, 0.2) is 0 Å². The molecule has 0 aliphatic carbocycles. The topological polar surface area (TPSA) is 29.5 Å². The lowest BCUT2D eigenvalue weighted by molar-refractivity contribution is 0.415. The van der Waals surface area contributed by atoms with Crippen LogP contribution in [0, 0.1) is 0 Å². The Hall–Kier alpha value is -3.26. The van der Waals surface area contributed by atoms with E-state index in [0.717, 1.165) is 33.2 Å². The summed E-state index contributed by atoms with van der Waals surface area (Å²) in [6.45, 7) is 0. The third-order valence-corrected chi connectivity index (χ3v) is 4.80. The van der Waals surface area contributed by atoms with Gasteiger partial charge in [-0.05, 0) is 40.1 Å². The molecule has 4 rings (SSSR count). The predicted molar refractivity (Wildman–Crippen MR) is 106 cm³/mol. The number of benzene rings is 4. The van der Waals surface area contributed by atoms with E-state index in [-0.39, 0.29) is 5.92 Å². The van der Waals surface area contributed by atoms with Gasteiger partial charge in [0.2, 0.25) is 0 Å². The summed E-state index contributed by atoms with van der Waals surface area (Å²) in [6, 6.07) is 30.3. The van der Waals surface area contributed by atoms with Crippen molar-refractivity contribution in [3.63, 3.8) is 0 Å². The molecule has 0 bridgehead atoms. The fourth-order valence-electron chi connectivity index (χ4n) is 3.56. The van der Waals surface area contributed by atoms with Crippen LogP contribution in [0.25, 0.3) is 10.8 Å². The molecule has 0 aliphatic rings. The van der Waals surface area contributed by atoms with Crippen molar-refractivity contribution in [3.05, 3.63) is 108 Å². The Morgan fingerprint density at radius 3 is 1.88 bits per heavy atom. The first-order chi connectivity index (χ1) is 12.8. The van der Waals surface area contributed by atoms with Gasteiger partial charge in [-0.2, -0.15) is 0 Å². The van der Waals surface area contributed by atoms with Crippen LogP contribution in [0.2, 0.25) is 0 Å². The molecule has 0 fully saturated rings. The molecule has 0 saturated heterocycles. The molecule has 1 N–H and O–H groups in total. The number of fused-ring (bicyclic) bond motifs is 1. The minimum Gasteiger partial charge on any atom is -0.508 e. The van der Waals surface area contributed by atoms with Crippen molar-refractivity contribution in [1.82, 2.24) is 0 Å². The Balaban J connectivity index is 2.04. The van der Waals surface area contributed by atoms with E-state index in [1.807, 2.05) is 60.7 Å². The highest BCUT2D eigenvalue weighted by molar-refractivity contribution is 5.90. The third-order valence-electron chi connectivity index (χ3n) is 4.80. The molecule has 0 atom stereocenters. The molecule has 0 saturated carbocycles. The maximum atomic E-state index is 10.8. The zero-order valence-corrected chi connectivity index (χ0v) is 14.6. The maximum Gasteiger partial charge on any atom is 0.120 e. The number of methoxy groups -OCH3 is 1. The van der Waals surface area contributed by atoms with Gasteiger partial charge in [-0.3, -0.25) is 0 Å². The molecular weight excluding hydrogens is 320 g/mol. The van der Waals surface area contributed by atoms with Gasteiger partial charge in [-0.1, -0.05) is 72.8 Å². The monoisotopic (exact) mass is 340 g/mol. The fourth-order valence-corrected chi connectivity index (χ4v) is 3.56. The van der Waals surface area contributed by atoms with Gasteiger partial charge in [0.1, 0.15) is 11.5 Å². The van der Waals surface area contributed by atoms with E-state index >= 15 is 0 Å². The summed E-state index contributed by atoms with van der Waals surface area (Å²) in [7, 11) is 1.66. The van der Waals surface area contributed by atoms with Gasteiger partial charge in [-0.25, -0.2) is 0 Å². The van der Waals surface area contributed by atoms with Gasteiger partial charge >= 0.3 is 0 Å². The third kappa shape index (κ3) is 2.91. The lowest BCUT2D eigenvalue weighted by Gasteiger charge is -2.22. The Morgan fingerprint density at radius 1 is 0.731 bits per heavy atom. The molecule has 0 aliphatic heterocycles. The number of rotatable bonds is 4. The summed E-state index contributed by atoms with van der Waals surface area (Å²) in [5, 5.41) is 12.9. The van der Waals surface area contributed by atoms with E-state index in [1.165, 1.54) is 0 Å². The highest BCUT2D eigenvalue weighted by Gasteiger charge is 2.22. The number of hydrogen-bond acceptors (Lipinski definition) is 2. The van der Waals surface area contributed by atoms with Crippen molar-refractivity contribution in [1.29, 1.82) is 0 Å². The second-order valence-corrected chi connectivity index (χ2v) is 6.34. The molecule has 0 aromatic heterocycles. The number of phenols is 1. The van der Waals surface area contributed by atoms with Crippen LogP contribution in [0.15, 0.2) is 91.0 Å². The Morgan fingerprint density at radius 2 is 1.31 bits per heavy atom. The first-order valence-corrected chi connectivity index (χ1v) is 8.67. The van der Waals surface area contributed by atoms with E-state index < -0.39 is 0 Å². The summed E-state index contributed by atoms with van der Waals surface area (Å²) in [6.07, 6.45) is 0. The van der Waals surface area contributed by atoms with Crippen LogP contribution in [0.4, 0.5) is 0 Å². The largest absolute Gasteiger partial charge is 0.508 e. The number of ether oxygens (including phenoxy) is 1. The standard InChI is InChI=1S/C24H20O2/c1-26-20-14-12-17-13-15-22(25)24(21(17)16-20)23(18-8-4-2-5-9-18)19-10-6-3-7-11-19/h2-16,23,25H,1H3. The first-order valence-electron chi connectivity index (χ1n) is 8.67. The van der Waals surface area contributed by atoms with E-state index in [0.29, 0.717) is 5.75 Å². The average Bonchev–Trinajstić information content (AvgIpc) is 2.71. The Kier molecular flexibility index (Phi) is 4.32. The van der Waals surface area contributed by atoms with Crippen LogP contribution in [-0.2, 0) is 0 Å². The number of hydrogen-bond donors (Lipinski definition) is 1. The highest BCUT2D eigenvalue weighted by atomic mass is 16.5. The minimum atomic E-state index is -0.0618. The van der Waals surface area contributed by atoms with E-state index in [4.69, 9.17) is 4.74 Å². The van der Waals surface area contributed by atoms with Crippen LogP contribution in [0.3, 0.4) is 0 Å². The van der Waals surface area contributed by atoms with Crippen LogP contribution < -0.4 is 4.74 Å². The molecule has 2 nitrogen and oxygen atoms in total. The second kappa shape index (κ2) is 6.93. The molecule has 2 heteroatoms. The smallest absolute Gasteiger partial charge is 0.120 e. The van der Waals surface area contributed by atoms with E-state index in [2.05, 4.69) is 24.3 Å². The molecular formula is C24H20O2. The average molecular weight is 340 g/mol. The summed E-state index contributed by atoms with van der Waals surface area (Å²) >= 11 is 0. The molecule has 26 heavy (non-hydrogen) atoms. The van der Waals surface area contributed by atoms with Crippen LogP contribution in [0.1, 0.15) is 22.6 Å². The van der Waals surface area contributed by atoms with Crippen molar-refractivity contribution in [3.8, 4) is 11.5 Å². The molecule has 0 amide bonds. The van der Waals surface area contributed by atoms with Crippen molar-refractivity contribution < 1.29 is 9.84 Å². The Bertz CT molecular complexity index is 984. The van der Waals surface area contributed by atoms with E-state index in [9.17, 15) is 5.11 Å². The summed E-state index contributed by atoms with van der Waals surface area (Å²) < 4.78 is 5.43. The zero-order valence-electron chi connectivity index (χ0n) is 14.6. The minimum absolute atomic E-state index is 0.0618. The van der Waals surface area contributed by atoms with Crippen molar-refractivity contribution in [2.45, 2.75) is 5.92 Å². The van der Waals surface area contributed by atoms with Crippen LogP contribution in [0.5, 0.6) is 11.5 Å². The fraction of sp³-hybridized carbons (Fsp3) is 0.0833. The molecule has 0 spiro atoms. The first kappa shape index (κ1) is 16.2. The molecule has 4 aromatic rings. The second-order valence-electron chi connectivity index (χ2n) is 6.34. The van der Waals surface area contributed by atoms with Gasteiger partial charge in [0, 0.05) is 11.5 Å². The van der Waals surface area contributed by atoms with Crippen molar-refractivity contribution in [2.24, 2.45) is 0 Å². The van der Waals surface area contributed by atoms with Crippen molar-refractivity contribution >= 4 is 10.8 Å². The number of aromatic hydroxyl groups is 1. The quantitative estimate of drug-likeness (QED) is 0.480. The predicted octanol–water partition coefficient (Wildman–Crippen LogP) is 5.73. The lowest BCUT2D eigenvalue weighted by atomic mass is 9.82. The summed E-state index contributed by atoms with van der Waals surface area (Å²) in [5.41, 5.74) is 3.19. The molecule has 0 unspecified atom stereocenters. The summed E-state index contributed by atoms with van der Waals surface area (Å²) in [5.74, 6) is 1.01. The summed E-state index contributed by atoms with van der Waals surface area (Å²) in [4.78, 5) is 0. The Labute approximate surface area is 153 Å². The van der Waals surface area contributed by atoms with Gasteiger partial charge in [0.25, 0.3) is 0 Å². The van der Waals surface area contributed by atoms with Crippen LogP contribution >= 0.6 is 0 Å². The van der Waals surface area contributed by atoms with Crippen LogP contribution in [-0.4, -0.2) is 12.2 Å². The highest BCUT2D eigenvalue weighted by Crippen LogP contribution is 2.41.